The second-order valence-corrected chi connectivity index (χ2v) is 6.13. The third kappa shape index (κ3) is 3.92. The Morgan fingerprint density at radius 1 is 1.37 bits per heavy atom. The van der Waals surface area contributed by atoms with E-state index < -0.39 is 0 Å². The van der Waals surface area contributed by atoms with Crippen LogP contribution in [-0.2, 0) is 6.54 Å². The van der Waals surface area contributed by atoms with Gasteiger partial charge in [-0.25, -0.2) is 0 Å². The van der Waals surface area contributed by atoms with Gasteiger partial charge in [0.05, 0.1) is 4.47 Å². The zero-order chi connectivity index (χ0) is 13.8. The molecule has 1 aliphatic rings. The van der Waals surface area contributed by atoms with E-state index >= 15 is 0 Å². The largest absolute Gasteiger partial charge is 0.506 e. The highest BCUT2D eigenvalue weighted by atomic mass is 79.9. The van der Waals surface area contributed by atoms with Crippen molar-refractivity contribution in [1.82, 2.24) is 15.1 Å². The van der Waals surface area contributed by atoms with Gasteiger partial charge in [-0.2, -0.15) is 0 Å². The maximum absolute atomic E-state index is 9.92. The third-order valence-electron chi connectivity index (χ3n) is 3.75. The Kier molecular flexibility index (Phi) is 5.21. The molecule has 106 valence electrons. The molecular weight excluding hydrogens is 306 g/mol. The number of aromatic hydroxyl groups is 1. The van der Waals surface area contributed by atoms with Crippen LogP contribution in [0.25, 0.3) is 0 Å². The Balaban J connectivity index is 1.84. The molecule has 1 aliphatic heterocycles. The standard InChI is InChI=1S/C14H22BrN3O/c1-17-6-7-18(2)12(10-17)9-16-8-11-4-3-5-13(15)14(11)19/h3-5,12,16,19H,6-10H2,1-2H3. The number of nitrogens with one attached hydrogen (secondary N) is 1. The number of phenols is 1. The Morgan fingerprint density at radius 2 is 2.16 bits per heavy atom. The van der Waals surface area contributed by atoms with Gasteiger partial charge in [0.1, 0.15) is 5.75 Å². The number of nitrogens with zero attached hydrogens (tertiary/aromatic N) is 2. The molecule has 0 bridgehead atoms. The van der Waals surface area contributed by atoms with Gasteiger partial charge in [-0.1, -0.05) is 12.1 Å². The number of halogens is 1. The highest BCUT2D eigenvalue weighted by Gasteiger charge is 2.21. The van der Waals surface area contributed by atoms with Gasteiger partial charge in [0, 0.05) is 44.3 Å². The molecule has 5 heteroatoms. The fourth-order valence-corrected chi connectivity index (χ4v) is 2.81. The zero-order valence-corrected chi connectivity index (χ0v) is 13.2. The van der Waals surface area contributed by atoms with Gasteiger partial charge in [-0.15, -0.1) is 0 Å². The SMILES string of the molecule is CN1CCN(C)C(CNCc2cccc(Br)c2O)C1. The molecular formula is C14H22BrN3O. The lowest BCUT2D eigenvalue weighted by atomic mass is 10.1. The minimum absolute atomic E-state index is 0.337. The highest BCUT2D eigenvalue weighted by Crippen LogP contribution is 2.27. The Hall–Kier alpha value is -0.620. The van der Waals surface area contributed by atoms with Crippen LogP contribution < -0.4 is 5.32 Å². The van der Waals surface area contributed by atoms with E-state index in [-0.39, 0.29) is 0 Å². The number of benzene rings is 1. The van der Waals surface area contributed by atoms with Crippen molar-refractivity contribution in [2.24, 2.45) is 0 Å². The zero-order valence-electron chi connectivity index (χ0n) is 11.6. The Morgan fingerprint density at radius 3 is 2.95 bits per heavy atom. The molecule has 0 aliphatic carbocycles. The molecule has 1 aromatic rings. The summed E-state index contributed by atoms with van der Waals surface area (Å²) in [6, 6.07) is 6.28. The van der Waals surface area contributed by atoms with E-state index in [0.29, 0.717) is 18.3 Å². The number of phenolic OH excluding ortho intramolecular Hbond substituents is 1. The lowest BCUT2D eigenvalue weighted by molar-refractivity contribution is 0.113. The molecule has 1 saturated heterocycles. The summed E-state index contributed by atoms with van der Waals surface area (Å²) in [5.74, 6) is 0.337. The van der Waals surface area contributed by atoms with Crippen LogP contribution >= 0.6 is 15.9 Å². The summed E-state index contributed by atoms with van der Waals surface area (Å²) in [6.07, 6.45) is 0. The van der Waals surface area contributed by atoms with Gasteiger partial charge in [-0.05, 0) is 36.1 Å². The molecule has 0 amide bonds. The molecule has 1 fully saturated rings. The van der Waals surface area contributed by atoms with Gasteiger partial charge in [-0.3, -0.25) is 4.90 Å². The van der Waals surface area contributed by atoms with Crippen LogP contribution in [0.1, 0.15) is 5.56 Å². The molecule has 19 heavy (non-hydrogen) atoms. The minimum Gasteiger partial charge on any atom is -0.506 e. The van der Waals surface area contributed by atoms with Crippen molar-refractivity contribution in [3.63, 3.8) is 0 Å². The maximum Gasteiger partial charge on any atom is 0.134 e. The first-order valence-electron chi connectivity index (χ1n) is 6.64. The Labute approximate surface area is 123 Å². The summed E-state index contributed by atoms with van der Waals surface area (Å²) in [6.45, 7) is 4.98. The van der Waals surface area contributed by atoms with Crippen molar-refractivity contribution in [2.75, 3.05) is 40.3 Å². The van der Waals surface area contributed by atoms with E-state index in [0.717, 1.165) is 36.2 Å². The van der Waals surface area contributed by atoms with Gasteiger partial charge in [0.25, 0.3) is 0 Å². The molecule has 0 saturated carbocycles. The van der Waals surface area contributed by atoms with Crippen molar-refractivity contribution in [3.05, 3.63) is 28.2 Å². The minimum atomic E-state index is 0.337. The average molecular weight is 328 g/mol. The summed E-state index contributed by atoms with van der Waals surface area (Å²) in [5, 5.41) is 13.4. The van der Waals surface area contributed by atoms with Crippen molar-refractivity contribution in [2.45, 2.75) is 12.6 Å². The van der Waals surface area contributed by atoms with E-state index in [4.69, 9.17) is 0 Å². The molecule has 0 radical (unpaired) electrons. The molecule has 1 aromatic carbocycles. The van der Waals surface area contributed by atoms with Crippen LogP contribution in [0.4, 0.5) is 0 Å². The smallest absolute Gasteiger partial charge is 0.134 e. The predicted octanol–water partition coefficient (Wildman–Crippen LogP) is 1.49. The van der Waals surface area contributed by atoms with Crippen molar-refractivity contribution >= 4 is 15.9 Å². The van der Waals surface area contributed by atoms with Gasteiger partial charge < -0.3 is 15.3 Å². The first kappa shape index (κ1) is 14.8. The number of hydrogen-bond donors (Lipinski definition) is 2. The third-order valence-corrected chi connectivity index (χ3v) is 4.39. The number of para-hydroxylation sites is 1. The maximum atomic E-state index is 9.92. The predicted molar refractivity (Wildman–Crippen MR) is 81.4 cm³/mol. The van der Waals surface area contributed by atoms with Crippen molar-refractivity contribution in [3.8, 4) is 5.75 Å². The van der Waals surface area contributed by atoms with Gasteiger partial charge in [0.15, 0.2) is 0 Å². The fraction of sp³-hybridized carbons (Fsp3) is 0.571. The normalized spacial score (nSPS) is 21.7. The van der Waals surface area contributed by atoms with E-state index in [1.807, 2.05) is 18.2 Å². The number of rotatable bonds is 4. The van der Waals surface area contributed by atoms with Crippen LogP contribution in [0, 0.1) is 0 Å². The van der Waals surface area contributed by atoms with Crippen LogP contribution in [-0.4, -0.2) is 61.2 Å². The summed E-state index contributed by atoms with van der Waals surface area (Å²) in [7, 11) is 4.34. The lowest BCUT2D eigenvalue weighted by Gasteiger charge is -2.37. The van der Waals surface area contributed by atoms with Gasteiger partial charge in [0.2, 0.25) is 0 Å². The molecule has 1 unspecified atom stereocenters. The summed E-state index contributed by atoms with van der Waals surface area (Å²) in [5.41, 5.74) is 0.932. The highest BCUT2D eigenvalue weighted by molar-refractivity contribution is 9.10. The molecule has 4 nitrogen and oxygen atoms in total. The first-order valence-corrected chi connectivity index (χ1v) is 7.43. The average Bonchev–Trinajstić information content (AvgIpc) is 2.38. The topological polar surface area (TPSA) is 38.7 Å². The van der Waals surface area contributed by atoms with Crippen molar-refractivity contribution < 1.29 is 5.11 Å². The second kappa shape index (κ2) is 6.70. The van der Waals surface area contributed by atoms with E-state index in [9.17, 15) is 5.11 Å². The van der Waals surface area contributed by atoms with Crippen LogP contribution in [0.15, 0.2) is 22.7 Å². The van der Waals surface area contributed by atoms with E-state index in [1.54, 1.807) is 0 Å². The monoisotopic (exact) mass is 327 g/mol. The molecule has 0 aromatic heterocycles. The Bertz CT molecular complexity index is 427. The summed E-state index contributed by atoms with van der Waals surface area (Å²) in [4.78, 5) is 4.76. The van der Waals surface area contributed by atoms with Crippen LogP contribution in [0.5, 0.6) is 5.75 Å². The second-order valence-electron chi connectivity index (χ2n) is 5.28. The van der Waals surface area contributed by atoms with Crippen molar-refractivity contribution in [1.29, 1.82) is 0 Å². The first-order chi connectivity index (χ1) is 9.08. The summed E-state index contributed by atoms with van der Waals surface area (Å²) >= 11 is 3.34. The van der Waals surface area contributed by atoms with E-state index in [1.165, 1.54) is 0 Å². The number of likely N-dealkylation sites (N-methyl/N-ethyl adjacent to an activating group) is 2. The fourth-order valence-electron chi connectivity index (χ4n) is 2.40. The van der Waals surface area contributed by atoms with Crippen LogP contribution in [0.2, 0.25) is 0 Å². The summed E-state index contributed by atoms with van der Waals surface area (Å²) < 4.78 is 0.751. The quantitative estimate of drug-likeness (QED) is 0.878. The molecule has 1 heterocycles. The molecule has 2 rings (SSSR count). The molecule has 0 spiro atoms. The van der Waals surface area contributed by atoms with Crippen LogP contribution in [0.3, 0.4) is 0 Å². The molecule has 1 atom stereocenters. The number of piperazine rings is 1. The number of hydrogen-bond acceptors (Lipinski definition) is 4. The van der Waals surface area contributed by atoms with E-state index in [2.05, 4.69) is 45.1 Å². The lowest BCUT2D eigenvalue weighted by Crippen LogP contribution is -2.53. The molecule has 2 N–H and O–H groups in total. The van der Waals surface area contributed by atoms with Gasteiger partial charge >= 0.3 is 0 Å².